The Morgan fingerprint density at radius 3 is 2.27 bits per heavy atom. The van der Waals surface area contributed by atoms with E-state index in [9.17, 15) is 19.7 Å². The SMILES string of the molecule is O=C(Nc1ccc(C(=O)N2CCCc3ccccc32)cc1)c1ccc([N+](=O)[O-])cc1. The Balaban J connectivity index is 1.46. The number of nitro groups is 1. The molecular weight excluding hydrogens is 382 g/mol. The number of benzene rings is 3. The number of amides is 2. The molecule has 3 aromatic carbocycles. The third-order valence-electron chi connectivity index (χ3n) is 5.09. The van der Waals surface area contributed by atoms with Gasteiger partial charge in [-0.25, -0.2) is 0 Å². The van der Waals surface area contributed by atoms with Gasteiger partial charge in [0.2, 0.25) is 0 Å². The van der Waals surface area contributed by atoms with Gasteiger partial charge in [0, 0.05) is 41.2 Å². The molecule has 0 radical (unpaired) electrons. The summed E-state index contributed by atoms with van der Waals surface area (Å²) in [5.74, 6) is -0.454. The van der Waals surface area contributed by atoms with Crippen LogP contribution in [-0.2, 0) is 6.42 Å². The van der Waals surface area contributed by atoms with Gasteiger partial charge in [-0.1, -0.05) is 18.2 Å². The first-order chi connectivity index (χ1) is 14.5. The average Bonchev–Trinajstić information content (AvgIpc) is 2.78. The highest BCUT2D eigenvalue weighted by Crippen LogP contribution is 2.28. The fraction of sp³-hybridized carbons (Fsp3) is 0.130. The molecule has 0 spiro atoms. The summed E-state index contributed by atoms with van der Waals surface area (Å²) in [5, 5.41) is 13.5. The standard InChI is InChI=1S/C23H19N3O4/c27-22(17-9-13-20(14-10-17)26(29)30)24-19-11-7-18(8-12-19)23(28)25-15-3-5-16-4-1-2-6-21(16)25/h1-2,4,6-14H,3,5,15H2,(H,24,27). The molecule has 1 aliphatic heterocycles. The van der Waals surface area contributed by atoms with Gasteiger partial charge in [0.25, 0.3) is 17.5 Å². The van der Waals surface area contributed by atoms with E-state index in [-0.39, 0.29) is 17.5 Å². The smallest absolute Gasteiger partial charge is 0.269 e. The molecule has 7 heteroatoms. The fourth-order valence-corrected chi connectivity index (χ4v) is 3.53. The van der Waals surface area contributed by atoms with Crippen LogP contribution in [0.4, 0.5) is 17.1 Å². The monoisotopic (exact) mass is 401 g/mol. The minimum Gasteiger partial charge on any atom is -0.322 e. The molecule has 1 N–H and O–H groups in total. The van der Waals surface area contributed by atoms with Gasteiger partial charge in [0.15, 0.2) is 0 Å². The maximum absolute atomic E-state index is 13.0. The summed E-state index contributed by atoms with van der Waals surface area (Å²) in [5.41, 5.74) is 3.43. The molecule has 0 aliphatic carbocycles. The van der Waals surface area contributed by atoms with E-state index in [1.54, 1.807) is 29.2 Å². The molecule has 3 aromatic rings. The van der Waals surface area contributed by atoms with Gasteiger partial charge in [-0.05, 0) is 60.9 Å². The van der Waals surface area contributed by atoms with Crippen molar-refractivity contribution >= 4 is 28.9 Å². The molecule has 150 valence electrons. The summed E-state index contributed by atoms with van der Waals surface area (Å²) in [6.45, 7) is 0.675. The van der Waals surface area contributed by atoms with Crippen LogP contribution in [0.25, 0.3) is 0 Å². The number of para-hydroxylation sites is 1. The van der Waals surface area contributed by atoms with E-state index in [4.69, 9.17) is 0 Å². The summed E-state index contributed by atoms with van der Waals surface area (Å²) >= 11 is 0. The molecule has 0 fully saturated rings. The van der Waals surface area contributed by atoms with Crippen molar-refractivity contribution in [2.45, 2.75) is 12.8 Å². The molecular formula is C23H19N3O4. The Labute approximate surface area is 173 Å². The number of hydrogen-bond acceptors (Lipinski definition) is 4. The minimum atomic E-state index is -0.516. The first kappa shape index (κ1) is 19.3. The highest BCUT2D eigenvalue weighted by atomic mass is 16.6. The highest BCUT2D eigenvalue weighted by molar-refractivity contribution is 6.08. The van der Waals surface area contributed by atoms with Gasteiger partial charge in [0.1, 0.15) is 0 Å². The molecule has 0 saturated carbocycles. The van der Waals surface area contributed by atoms with E-state index in [1.807, 2.05) is 24.3 Å². The second kappa shape index (κ2) is 8.16. The van der Waals surface area contributed by atoms with Crippen molar-refractivity contribution < 1.29 is 14.5 Å². The summed E-state index contributed by atoms with van der Waals surface area (Å²) < 4.78 is 0. The first-order valence-electron chi connectivity index (χ1n) is 9.58. The number of carbonyl (C=O) groups is 2. The predicted octanol–water partition coefficient (Wildman–Crippen LogP) is 4.44. The molecule has 7 nitrogen and oxygen atoms in total. The lowest BCUT2D eigenvalue weighted by molar-refractivity contribution is -0.384. The number of anilines is 2. The number of nitrogens with zero attached hydrogens (tertiary/aromatic N) is 2. The molecule has 0 aromatic heterocycles. The molecule has 1 heterocycles. The van der Waals surface area contributed by atoms with Gasteiger partial charge < -0.3 is 10.2 Å². The number of nitro benzene ring substituents is 1. The second-order valence-electron chi connectivity index (χ2n) is 7.02. The number of hydrogen-bond donors (Lipinski definition) is 1. The third kappa shape index (κ3) is 3.91. The summed E-state index contributed by atoms with van der Waals surface area (Å²) in [6, 6.07) is 20.0. The van der Waals surface area contributed by atoms with Crippen molar-refractivity contribution in [3.63, 3.8) is 0 Å². The lowest BCUT2D eigenvalue weighted by Crippen LogP contribution is -2.35. The molecule has 0 unspecified atom stereocenters. The number of aryl methyl sites for hydroxylation is 1. The zero-order chi connectivity index (χ0) is 21.1. The van der Waals surface area contributed by atoms with Crippen molar-refractivity contribution in [2.75, 3.05) is 16.8 Å². The molecule has 0 atom stereocenters. The molecule has 4 rings (SSSR count). The maximum atomic E-state index is 13.0. The van der Waals surface area contributed by atoms with Gasteiger partial charge in [-0.2, -0.15) is 0 Å². The topological polar surface area (TPSA) is 92.6 Å². The van der Waals surface area contributed by atoms with Crippen molar-refractivity contribution in [1.82, 2.24) is 0 Å². The quantitative estimate of drug-likeness (QED) is 0.517. The summed E-state index contributed by atoms with van der Waals surface area (Å²) in [7, 11) is 0. The number of rotatable bonds is 4. The van der Waals surface area contributed by atoms with Gasteiger partial charge in [-0.15, -0.1) is 0 Å². The Morgan fingerprint density at radius 2 is 1.57 bits per heavy atom. The van der Waals surface area contributed by atoms with Crippen LogP contribution in [0.3, 0.4) is 0 Å². The van der Waals surface area contributed by atoms with E-state index in [0.717, 1.165) is 18.5 Å². The number of nitrogens with one attached hydrogen (secondary N) is 1. The van der Waals surface area contributed by atoms with Crippen LogP contribution in [0.2, 0.25) is 0 Å². The van der Waals surface area contributed by atoms with Gasteiger partial charge in [-0.3, -0.25) is 19.7 Å². The van der Waals surface area contributed by atoms with Crippen LogP contribution in [0, 0.1) is 10.1 Å². The van der Waals surface area contributed by atoms with Crippen molar-refractivity contribution in [1.29, 1.82) is 0 Å². The van der Waals surface area contributed by atoms with E-state index >= 15 is 0 Å². The molecule has 2 amide bonds. The fourth-order valence-electron chi connectivity index (χ4n) is 3.53. The van der Waals surface area contributed by atoms with Crippen LogP contribution in [0.15, 0.2) is 72.8 Å². The van der Waals surface area contributed by atoms with E-state index in [1.165, 1.54) is 29.8 Å². The molecule has 0 bridgehead atoms. The predicted molar refractivity (Wildman–Crippen MR) is 114 cm³/mol. The van der Waals surface area contributed by atoms with Crippen LogP contribution in [0.1, 0.15) is 32.7 Å². The average molecular weight is 401 g/mol. The zero-order valence-electron chi connectivity index (χ0n) is 16.1. The van der Waals surface area contributed by atoms with E-state index < -0.39 is 4.92 Å². The van der Waals surface area contributed by atoms with Gasteiger partial charge >= 0.3 is 0 Å². The van der Waals surface area contributed by atoms with Crippen LogP contribution >= 0.6 is 0 Å². The van der Waals surface area contributed by atoms with Crippen molar-refractivity contribution in [2.24, 2.45) is 0 Å². The third-order valence-corrected chi connectivity index (χ3v) is 5.09. The number of fused-ring (bicyclic) bond motifs is 1. The second-order valence-corrected chi connectivity index (χ2v) is 7.02. The minimum absolute atomic E-state index is 0.0737. The number of carbonyl (C=O) groups excluding carboxylic acids is 2. The highest BCUT2D eigenvalue weighted by Gasteiger charge is 2.23. The van der Waals surface area contributed by atoms with Crippen molar-refractivity contribution in [3.05, 3.63) is 99.6 Å². The molecule has 1 aliphatic rings. The van der Waals surface area contributed by atoms with E-state index in [2.05, 4.69) is 5.32 Å². The molecule has 0 saturated heterocycles. The summed E-state index contributed by atoms with van der Waals surface area (Å²) in [6.07, 6.45) is 1.89. The maximum Gasteiger partial charge on any atom is 0.269 e. The molecule has 30 heavy (non-hydrogen) atoms. The summed E-state index contributed by atoms with van der Waals surface area (Å²) in [4.78, 5) is 37.3. The normalized spacial score (nSPS) is 12.7. The van der Waals surface area contributed by atoms with E-state index in [0.29, 0.717) is 23.4 Å². The van der Waals surface area contributed by atoms with Crippen LogP contribution < -0.4 is 10.2 Å². The van der Waals surface area contributed by atoms with Crippen LogP contribution in [0.5, 0.6) is 0 Å². The number of non-ortho nitro benzene ring substituents is 1. The Morgan fingerprint density at radius 1 is 0.900 bits per heavy atom. The first-order valence-corrected chi connectivity index (χ1v) is 9.58. The Hall–Kier alpha value is -4.00. The van der Waals surface area contributed by atoms with Crippen molar-refractivity contribution in [3.8, 4) is 0 Å². The van der Waals surface area contributed by atoms with Crippen LogP contribution in [-0.4, -0.2) is 23.3 Å². The Bertz CT molecular complexity index is 1110. The van der Waals surface area contributed by atoms with Gasteiger partial charge in [0.05, 0.1) is 4.92 Å². The lowest BCUT2D eigenvalue weighted by atomic mass is 10.0. The zero-order valence-corrected chi connectivity index (χ0v) is 16.1. The largest absolute Gasteiger partial charge is 0.322 e. The lowest BCUT2D eigenvalue weighted by Gasteiger charge is -2.29. The Kier molecular flexibility index (Phi) is 5.26.